The third-order valence-corrected chi connectivity index (χ3v) is 1.87. The molecule has 74 valence electrons. The molecule has 0 saturated heterocycles. The molecular weight excluding hydrogens is 188 g/mol. The van der Waals surface area contributed by atoms with E-state index < -0.39 is 12.5 Å². The van der Waals surface area contributed by atoms with Crippen molar-refractivity contribution in [3.8, 4) is 0 Å². The smallest absolute Gasteiger partial charge is 0.211 e. The van der Waals surface area contributed by atoms with Crippen LogP contribution in [0, 0.1) is 6.92 Å². The van der Waals surface area contributed by atoms with E-state index in [1.165, 1.54) is 0 Å². The van der Waals surface area contributed by atoms with Gasteiger partial charge in [-0.25, -0.2) is 4.79 Å². The molecule has 1 rings (SSSR count). The van der Waals surface area contributed by atoms with Gasteiger partial charge in [0, 0.05) is 0 Å². The molecule has 1 aromatic carbocycles. The predicted molar refractivity (Wildman–Crippen MR) is 48.0 cm³/mol. The second kappa shape index (κ2) is 4.11. The topological polar surface area (TPSA) is 29.4 Å². The van der Waals surface area contributed by atoms with Gasteiger partial charge in [-0.05, 0) is 18.1 Å². The Morgan fingerprint density at radius 2 is 2.07 bits per heavy atom. The number of carbonyl (C=O) groups excluding carboxylic acids is 1. The number of benzene rings is 1. The third kappa shape index (κ3) is 2.75. The number of nitrogens with zero attached hydrogens (tertiary/aromatic N) is 1. The minimum atomic E-state index is -3.35. The molecule has 0 spiro atoms. The summed E-state index contributed by atoms with van der Waals surface area (Å²) in [6, 6.07) is 3.40. The monoisotopic (exact) mass is 197 g/mol. The molecular formula is C10H9F2NO. The zero-order valence-electron chi connectivity index (χ0n) is 7.63. The van der Waals surface area contributed by atoms with E-state index in [4.69, 9.17) is 0 Å². The highest BCUT2D eigenvalue weighted by atomic mass is 19.3. The highest BCUT2D eigenvalue weighted by molar-refractivity contribution is 5.34. The van der Waals surface area contributed by atoms with Gasteiger partial charge in [0.15, 0.2) is 0 Å². The van der Waals surface area contributed by atoms with Gasteiger partial charge >= 0.3 is 6.05 Å². The van der Waals surface area contributed by atoms with Crippen molar-refractivity contribution in [1.82, 2.24) is 0 Å². The molecule has 1 aromatic rings. The number of aliphatic imine (C=N–C) groups is 1. The van der Waals surface area contributed by atoms with Crippen LogP contribution in [0.1, 0.15) is 11.1 Å². The minimum Gasteiger partial charge on any atom is -0.211 e. The predicted octanol–water partition coefficient (Wildman–Crippen LogP) is 2.47. The van der Waals surface area contributed by atoms with Gasteiger partial charge in [0.05, 0.1) is 6.42 Å². The Morgan fingerprint density at radius 3 is 2.64 bits per heavy atom. The first kappa shape index (κ1) is 10.5. The number of alkyl halides is 2. The van der Waals surface area contributed by atoms with Crippen LogP contribution < -0.4 is 0 Å². The summed E-state index contributed by atoms with van der Waals surface area (Å²) in [5.74, 6) is 0. The summed E-state index contributed by atoms with van der Waals surface area (Å²) in [7, 11) is 0. The van der Waals surface area contributed by atoms with E-state index in [2.05, 4.69) is 4.99 Å². The van der Waals surface area contributed by atoms with E-state index in [0.717, 1.165) is 11.6 Å². The zero-order chi connectivity index (χ0) is 10.6. The van der Waals surface area contributed by atoms with Crippen LogP contribution in [-0.4, -0.2) is 12.1 Å². The largest absolute Gasteiger partial charge is 0.355 e. The number of isocyanates is 1. The van der Waals surface area contributed by atoms with Crippen molar-refractivity contribution < 1.29 is 13.6 Å². The minimum absolute atomic E-state index is 0.483. The van der Waals surface area contributed by atoms with Gasteiger partial charge in [0.1, 0.15) is 0 Å². The van der Waals surface area contributed by atoms with Crippen LogP contribution >= 0.6 is 0 Å². The van der Waals surface area contributed by atoms with Crippen LogP contribution in [0.5, 0.6) is 0 Å². The molecule has 0 amide bonds. The Bertz CT molecular complexity index is 370. The van der Waals surface area contributed by atoms with Crippen molar-refractivity contribution in [3.05, 3.63) is 35.4 Å². The fraction of sp³-hybridized carbons (Fsp3) is 0.300. The SMILES string of the molecule is Cc1ccccc1CC(F)(F)N=C=O. The van der Waals surface area contributed by atoms with Crippen LogP contribution in [-0.2, 0) is 11.2 Å². The van der Waals surface area contributed by atoms with E-state index >= 15 is 0 Å². The quantitative estimate of drug-likeness (QED) is 0.415. The van der Waals surface area contributed by atoms with Crippen molar-refractivity contribution in [1.29, 1.82) is 0 Å². The Morgan fingerprint density at radius 1 is 1.43 bits per heavy atom. The summed E-state index contributed by atoms with van der Waals surface area (Å²) in [4.78, 5) is 12.2. The van der Waals surface area contributed by atoms with Gasteiger partial charge in [-0.15, -0.1) is 4.99 Å². The average molecular weight is 197 g/mol. The molecule has 0 radical (unpaired) electrons. The van der Waals surface area contributed by atoms with Crippen molar-refractivity contribution in [2.24, 2.45) is 4.99 Å². The van der Waals surface area contributed by atoms with Crippen molar-refractivity contribution in [3.63, 3.8) is 0 Å². The Labute approximate surface area is 80.3 Å². The Kier molecular flexibility index (Phi) is 3.10. The van der Waals surface area contributed by atoms with Crippen LogP contribution in [0.4, 0.5) is 8.78 Å². The second-order valence-corrected chi connectivity index (χ2v) is 2.97. The fourth-order valence-electron chi connectivity index (χ4n) is 1.14. The normalized spacial score (nSPS) is 10.8. The molecule has 0 heterocycles. The van der Waals surface area contributed by atoms with Gasteiger partial charge in [-0.3, -0.25) is 0 Å². The van der Waals surface area contributed by atoms with Crippen LogP contribution in [0.2, 0.25) is 0 Å². The molecule has 0 N–H and O–H groups in total. The standard InChI is InChI=1S/C10H9F2NO/c1-8-4-2-3-5-9(8)6-10(11,12)13-7-14/h2-5H,6H2,1H3. The van der Waals surface area contributed by atoms with Crippen molar-refractivity contribution >= 4 is 6.08 Å². The van der Waals surface area contributed by atoms with E-state index in [9.17, 15) is 13.6 Å². The third-order valence-electron chi connectivity index (χ3n) is 1.87. The highest BCUT2D eigenvalue weighted by Gasteiger charge is 2.28. The number of hydrogen-bond acceptors (Lipinski definition) is 2. The van der Waals surface area contributed by atoms with E-state index in [0.29, 0.717) is 5.56 Å². The van der Waals surface area contributed by atoms with Crippen molar-refractivity contribution in [2.45, 2.75) is 19.4 Å². The highest BCUT2D eigenvalue weighted by Crippen LogP contribution is 2.22. The molecule has 14 heavy (non-hydrogen) atoms. The molecule has 0 saturated carbocycles. The van der Waals surface area contributed by atoms with Gasteiger partial charge in [0.25, 0.3) is 0 Å². The lowest BCUT2D eigenvalue weighted by molar-refractivity contribution is 0.0116. The number of hydrogen-bond donors (Lipinski definition) is 0. The number of rotatable bonds is 3. The molecule has 0 atom stereocenters. The first-order chi connectivity index (χ1) is 6.55. The van der Waals surface area contributed by atoms with E-state index in [1.807, 2.05) is 0 Å². The average Bonchev–Trinajstić information content (AvgIpc) is 2.08. The van der Waals surface area contributed by atoms with Crippen LogP contribution in [0.3, 0.4) is 0 Å². The van der Waals surface area contributed by atoms with Crippen LogP contribution in [0.15, 0.2) is 29.3 Å². The van der Waals surface area contributed by atoms with Crippen molar-refractivity contribution in [2.75, 3.05) is 0 Å². The molecule has 0 aliphatic carbocycles. The van der Waals surface area contributed by atoms with Crippen LogP contribution in [0.25, 0.3) is 0 Å². The molecule has 0 fully saturated rings. The summed E-state index contributed by atoms with van der Waals surface area (Å²) < 4.78 is 25.7. The molecule has 0 aliphatic rings. The summed E-state index contributed by atoms with van der Waals surface area (Å²) >= 11 is 0. The first-order valence-electron chi connectivity index (χ1n) is 4.06. The summed E-state index contributed by atoms with van der Waals surface area (Å²) in [5.41, 5.74) is 1.24. The first-order valence-corrected chi connectivity index (χ1v) is 4.06. The number of halogens is 2. The van der Waals surface area contributed by atoms with E-state index in [1.54, 1.807) is 31.2 Å². The summed E-state index contributed by atoms with van der Waals surface area (Å²) in [5, 5.41) is 0. The maximum atomic E-state index is 12.9. The zero-order valence-corrected chi connectivity index (χ0v) is 7.63. The van der Waals surface area contributed by atoms with Gasteiger partial charge < -0.3 is 0 Å². The molecule has 0 aromatic heterocycles. The summed E-state index contributed by atoms with van der Waals surface area (Å²) in [6.45, 7) is 1.73. The molecule has 0 aliphatic heterocycles. The lowest BCUT2D eigenvalue weighted by Crippen LogP contribution is -2.16. The number of aryl methyl sites for hydroxylation is 1. The lowest BCUT2D eigenvalue weighted by Gasteiger charge is -2.10. The Balaban J connectivity index is 2.88. The maximum Gasteiger partial charge on any atom is 0.355 e. The summed E-state index contributed by atoms with van der Waals surface area (Å²) in [6.07, 6.45) is 0.312. The molecule has 0 bridgehead atoms. The van der Waals surface area contributed by atoms with Gasteiger partial charge in [-0.1, -0.05) is 24.3 Å². The van der Waals surface area contributed by atoms with Gasteiger partial charge in [-0.2, -0.15) is 8.78 Å². The van der Waals surface area contributed by atoms with Gasteiger partial charge in [0.2, 0.25) is 6.08 Å². The maximum absolute atomic E-state index is 12.9. The fourth-order valence-corrected chi connectivity index (χ4v) is 1.14. The molecule has 2 nitrogen and oxygen atoms in total. The lowest BCUT2D eigenvalue weighted by atomic mass is 10.1. The molecule has 0 unspecified atom stereocenters. The Hall–Kier alpha value is -1.54. The van der Waals surface area contributed by atoms with E-state index in [-0.39, 0.29) is 0 Å². The second-order valence-electron chi connectivity index (χ2n) is 2.97. The molecule has 4 heteroatoms.